The van der Waals surface area contributed by atoms with Gasteiger partial charge in [-0.15, -0.1) is 0 Å². The average Bonchev–Trinajstić information content (AvgIpc) is 2.69. The fourth-order valence-electron chi connectivity index (χ4n) is 1.16. The zero-order valence-corrected chi connectivity index (χ0v) is 9.07. The molecule has 82 valence electrons. The van der Waals surface area contributed by atoms with Crippen LogP contribution in [0.2, 0.25) is 0 Å². The van der Waals surface area contributed by atoms with Crippen LogP contribution in [0, 0.1) is 5.41 Å². The molecule has 4 nitrogen and oxygen atoms in total. The lowest BCUT2D eigenvalue weighted by Gasteiger charge is -2.19. The smallest absolute Gasteiger partial charge is 0.319 e. The van der Waals surface area contributed by atoms with Crippen molar-refractivity contribution in [2.45, 2.75) is 20.8 Å². The van der Waals surface area contributed by atoms with Crippen LogP contribution in [0.25, 0.3) is 0 Å². The second-order valence-corrected chi connectivity index (χ2v) is 3.69. The molecule has 1 rings (SSSR count). The highest BCUT2D eigenvalue weighted by molar-refractivity contribution is 6.11. The number of hydrogen-bond acceptors (Lipinski definition) is 4. The predicted molar refractivity (Wildman–Crippen MR) is 53.5 cm³/mol. The number of Topliss-reactive ketones (excluding diaryl/α,β-unsaturated/α-hetero) is 1. The van der Waals surface area contributed by atoms with E-state index in [0.717, 1.165) is 0 Å². The largest absolute Gasteiger partial charge is 0.472 e. The third kappa shape index (κ3) is 2.26. The Labute approximate surface area is 88.2 Å². The summed E-state index contributed by atoms with van der Waals surface area (Å²) in [7, 11) is 0. The predicted octanol–water partition coefficient (Wildman–Crippen LogP) is 2.05. The number of rotatable bonds is 4. The van der Waals surface area contributed by atoms with Gasteiger partial charge in [-0.25, -0.2) is 0 Å². The molecule has 0 spiro atoms. The molecule has 0 aliphatic rings. The molecule has 0 aliphatic carbocycles. The van der Waals surface area contributed by atoms with E-state index in [1.807, 2.05) is 0 Å². The van der Waals surface area contributed by atoms with Gasteiger partial charge >= 0.3 is 5.97 Å². The van der Waals surface area contributed by atoms with Gasteiger partial charge in [-0.3, -0.25) is 9.59 Å². The van der Waals surface area contributed by atoms with Crippen LogP contribution in [0.1, 0.15) is 31.1 Å². The highest BCUT2D eigenvalue weighted by atomic mass is 16.5. The third-order valence-electron chi connectivity index (χ3n) is 2.14. The first-order chi connectivity index (χ1) is 7.00. The molecule has 1 aromatic heterocycles. The Hall–Kier alpha value is -1.58. The first-order valence-corrected chi connectivity index (χ1v) is 4.74. The van der Waals surface area contributed by atoms with Crippen molar-refractivity contribution < 1.29 is 18.7 Å². The number of carbonyl (C=O) groups is 2. The Kier molecular flexibility index (Phi) is 3.29. The fraction of sp³-hybridized carbons (Fsp3) is 0.455. The van der Waals surface area contributed by atoms with Gasteiger partial charge < -0.3 is 9.15 Å². The zero-order chi connectivity index (χ0) is 11.5. The van der Waals surface area contributed by atoms with E-state index in [2.05, 4.69) is 0 Å². The standard InChI is InChI=1S/C11H14O4/c1-4-15-10(13)11(2,3)9(12)8-5-6-14-7-8/h5-7H,4H2,1-3H3. The van der Waals surface area contributed by atoms with E-state index < -0.39 is 11.4 Å². The van der Waals surface area contributed by atoms with Gasteiger partial charge in [0.2, 0.25) is 0 Å². The van der Waals surface area contributed by atoms with E-state index in [9.17, 15) is 9.59 Å². The van der Waals surface area contributed by atoms with E-state index in [0.29, 0.717) is 5.56 Å². The molecule has 0 aromatic carbocycles. The molecule has 0 bridgehead atoms. The van der Waals surface area contributed by atoms with E-state index in [4.69, 9.17) is 9.15 Å². The van der Waals surface area contributed by atoms with Crippen LogP contribution in [0.5, 0.6) is 0 Å². The molecule has 4 heteroatoms. The quantitative estimate of drug-likeness (QED) is 0.433. The van der Waals surface area contributed by atoms with Gasteiger partial charge in [-0.2, -0.15) is 0 Å². The van der Waals surface area contributed by atoms with Crippen molar-refractivity contribution in [3.8, 4) is 0 Å². The van der Waals surface area contributed by atoms with Crippen LogP contribution in [-0.2, 0) is 9.53 Å². The van der Waals surface area contributed by atoms with Crippen LogP contribution in [-0.4, -0.2) is 18.4 Å². The Morgan fingerprint density at radius 2 is 2.13 bits per heavy atom. The number of hydrogen-bond donors (Lipinski definition) is 0. The van der Waals surface area contributed by atoms with Crippen LogP contribution in [0.4, 0.5) is 0 Å². The lowest BCUT2D eigenvalue weighted by Crippen LogP contribution is -2.35. The SMILES string of the molecule is CCOC(=O)C(C)(C)C(=O)c1ccoc1. The number of carbonyl (C=O) groups excluding carboxylic acids is 2. The summed E-state index contributed by atoms with van der Waals surface area (Å²) in [6.45, 7) is 5.05. The molecule has 0 fully saturated rings. The molecule has 1 heterocycles. The monoisotopic (exact) mass is 210 g/mol. The molecule has 1 aromatic rings. The minimum absolute atomic E-state index is 0.265. The molecule has 0 N–H and O–H groups in total. The highest BCUT2D eigenvalue weighted by Crippen LogP contribution is 2.23. The van der Waals surface area contributed by atoms with Crippen molar-refractivity contribution in [3.63, 3.8) is 0 Å². The van der Waals surface area contributed by atoms with Gasteiger partial charge in [-0.1, -0.05) is 0 Å². The summed E-state index contributed by atoms with van der Waals surface area (Å²) in [5, 5.41) is 0. The Morgan fingerprint density at radius 3 is 2.60 bits per heavy atom. The van der Waals surface area contributed by atoms with Gasteiger partial charge in [0.05, 0.1) is 18.4 Å². The van der Waals surface area contributed by atoms with E-state index in [1.54, 1.807) is 20.8 Å². The summed E-state index contributed by atoms with van der Waals surface area (Å²) in [6, 6.07) is 1.53. The number of ether oxygens (including phenoxy) is 1. The number of furan rings is 1. The normalized spacial score (nSPS) is 11.1. The molecule has 0 unspecified atom stereocenters. The first-order valence-electron chi connectivity index (χ1n) is 4.74. The fourth-order valence-corrected chi connectivity index (χ4v) is 1.16. The zero-order valence-electron chi connectivity index (χ0n) is 9.07. The summed E-state index contributed by atoms with van der Waals surface area (Å²) in [5.74, 6) is -0.814. The lowest BCUT2D eigenvalue weighted by atomic mass is 9.85. The van der Waals surface area contributed by atoms with Gasteiger partial charge in [0.1, 0.15) is 11.7 Å². The summed E-state index contributed by atoms with van der Waals surface area (Å²) in [4.78, 5) is 23.4. The van der Waals surface area contributed by atoms with Crippen molar-refractivity contribution in [2.75, 3.05) is 6.61 Å². The van der Waals surface area contributed by atoms with Gasteiger partial charge in [0, 0.05) is 0 Å². The summed E-state index contributed by atoms with van der Waals surface area (Å²) in [5.41, 5.74) is -0.784. The minimum Gasteiger partial charge on any atom is -0.472 e. The molecule has 15 heavy (non-hydrogen) atoms. The third-order valence-corrected chi connectivity index (χ3v) is 2.14. The Balaban J connectivity index is 2.86. The number of ketones is 1. The maximum Gasteiger partial charge on any atom is 0.319 e. The maximum atomic E-state index is 11.9. The van der Waals surface area contributed by atoms with Crippen LogP contribution in [0.15, 0.2) is 23.0 Å². The average molecular weight is 210 g/mol. The van der Waals surface area contributed by atoms with Crippen LogP contribution >= 0.6 is 0 Å². The summed E-state index contributed by atoms with van der Waals surface area (Å²) in [6.07, 6.45) is 2.72. The molecule has 0 aliphatic heterocycles. The second-order valence-electron chi connectivity index (χ2n) is 3.69. The van der Waals surface area contributed by atoms with Crippen molar-refractivity contribution >= 4 is 11.8 Å². The summed E-state index contributed by atoms with van der Waals surface area (Å²) < 4.78 is 9.63. The second kappa shape index (κ2) is 4.29. The van der Waals surface area contributed by atoms with E-state index in [1.165, 1.54) is 18.6 Å². The van der Waals surface area contributed by atoms with E-state index >= 15 is 0 Å². The maximum absolute atomic E-state index is 11.9. The van der Waals surface area contributed by atoms with Crippen LogP contribution < -0.4 is 0 Å². The van der Waals surface area contributed by atoms with Gasteiger partial charge in [-0.05, 0) is 26.8 Å². The van der Waals surface area contributed by atoms with Crippen molar-refractivity contribution in [2.24, 2.45) is 5.41 Å². The molecule has 0 atom stereocenters. The lowest BCUT2D eigenvalue weighted by molar-refractivity contribution is -0.150. The molecule has 0 radical (unpaired) electrons. The van der Waals surface area contributed by atoms with Gasteiger partial charge in [0.25, 0.3) is 0 Å². The Morgan fingerprint density at radius 1 is 1.47 bits per heavy atom. The Bertz CT molecular complexity index is 349. The van der Waals surface area contributed by atoms with Crippen molar-refractivity contribution in [1.29, 1.82) is 0 Å². The molecule has 0 saturated heterocycles. The summed E-state index contributed by atoms with van der Waals surface area (Å²) >= 11 is 0. The number of esters is 1. The molecular formula is C11H14O4. The molecule has 0 saturated carbocycles. The molecule has 0 amide bonds. The minimum atomic E-state index is -1.17. The topological polar surface area (TPSA) is 56.5 Å². The van der Waals surface area contributed by atoms with Crippen molar-refractivity contribution in [1.82, 2.24) is 0 Å². The van der Waals surface area contributed by atoms with Crippen LogP contribution in [0.3, 0.4) is 0 Å². The first kappa shape index (κ1) is 11.5. The molecular weight excluding hydrogens is 196 g/mol. The van der Waals surface area contributed by atoms with E-state index in [-0.39, 0.29) is 12.4 Å². The highest BCUT2D eigenvalue weighted by Gasteiger charge is 2.38. The van der Waals surface area contributed by atoms with Crippen molar-refractivity contribution in [3.05, 3.63) is 24.2 Å². The van der Waals surface area contributed by atoms with Gasteiger partial charge in [0.15, 0.2) is 5.78 Å².